The molecule has 14 heavy (non-hydrogen) atoms. The van der Waals surface area contributed by atoms with Crippen LogP contribution in [0.4, 0.5) is 13.2 Å². The minimum atomic E-state index is -4.40. The van der Waals surface area contributed by atoms with Gasteiger partial charge in [0, 0.05) is 11.1 Å². The van der Waals surface area contributed by atoms with E-state index in [1.807, 2.05) is 6.92 Å². The second-order valence-corrected chi connectivity index (χ2v) is 5.43. The van der Waals surface area contributed by atoms with Crippen molar-refractivity contribution in [2.45, 2.75) is 22.7 Å². The Bertz CT molecular complexity index is 302. The first-order chi connectivity index (χ1) is 6.43. The van der Waals surface area contributed by atoms with Gasteiger partial charge >= 0.3 is 6.18 Å². The quantitative estimate of drug-likeness (QED) is 0.618. The van der Waals surface area contributed by atoms with Crippen molar-refractivity contribution in [1.29, 1.82) is 0 Å². The summed E-state index contributed by atoms with van der Waals surface area (Å²) in [5.41, 5.74) is 0. The molecule has 1 aromatic rings. The van der Waals surface area contributed by atoms with Gasteiger partial charge in [-0.2, -0.15) is 13.2 Å². The second kappa shape index (κ2) is 4.67. The van der Waals surface area contributed by atoms with Gasteiger partial charge < -0.3 is 0 Å². The minimum absolute atomic E-state index is 0.0331. The van der Waals surface area contributed by atoms with Gasteiger partial charge in [-0.15, -0.1) is 21.8 Å². The molecule has 1 heterocycles. The van der Waals surface area contributed by atoms with Gasteiger partial charge in [-0.1, -0.05) is 30.0 Å². The van der Waals surface area contributed by atoms with Crippen LogP contribution in [0, 0.1) is 0 Å². The van der Waals surface area contributed by atoms with E-state index in [0.717, 1.165) is 0 Å². The van der Waals surface area contributed by atoms with E-state index >= 15 is 0 Å². The fourth-order valence-electron chi connectivity index (χ4n) is 0.576. The van der Waals surface area contributed by atoms with Gasteiger partial charge in [-0.25, -0.2) is 0 Å². The van der Waals surface area contributed by atoms with E-state index in [0.29, 0.717) is 21.6 Å². The molecule has 0 bridgehead atoms. The van der Waals surface area contributed by atoms with Crippen molar-refractivity contribution < 1.29 is 13.2 Å². The largest absolute Gasteiger partial charge is 0.445 e. The number of nitrogens with zero attached hydrogens (tertiary/aromatic N) is 2. The fourth-order valence-corrected chi connectivity index (χ4v) is 2.63. The highest BCUT2D eigenvalue weighted by atomic mass is 35.5. The number of thioether (sulfide) groups is 1. The minimum Gasteiger partial charge on any atom is -0.164 e. The lowest BCUT2D eigenvalue weighted by atomic mass is 10.6. The van der Waals surface area contributed by atoms with Crippen LogP contribution in [0.15, 0.2) is 4.34 Å². The Morgan fingerprint density at radius 1 is 1.50 bits per heavy atom. The van der Waals surface area contributed by atoms with Crippen molar-refractivity contribution >= 4 is 34.7 Å². The number of hydrogen-bond acceptors (Lipinski definition) is 4. The maximum atomic E-state index is 12.1. The van der Waals surface area contributed by atoms with Gasteiger partial charge in [0.1, 0.15) is 0 Å². The molecule has 0 N–H and O–H groups in total. The number of alkyl halides is 4. The van der Waals surface area contributed by atoms with Crippen LogP contribution in [0.1, 0.15) is 11.9 Å². The third-order valence-electron chi connectivity index (χ3n) is 1.17. The smallest absolute Gasteiger partial charge is 0.164 e. The van der Waals surface area contributed by atoms with Gasteiger partial charge in [0.15, 0.2) is 4.34 Å². The highest BCUT2D eigenvalue weighted by Gasteiger charge is 2.35. The van der Waals surface area contributed by atoms with Crippen molar-refractivity contribution in [2.24, 2.45) is 0 Å². The molecular weight excluding hydrogens is 257 g/mol. The van der Waals surface area contributed by atoms with Crippen molar-refractivity contribution in [2.75, 3.05) is 5.88 Å². The molecule has 0 radical (unpaired) electrons. The zero-order chi connectivity index (χ0) is 10.8. The lowest BCUT2D eigenvalue weighted by Crippen LogP contribution is -2.03. The maximum Gasteiger partial charge on any atom is 0.445 e. The average Bonchev–Trinajstić information content (AvgIpc) is 2.51. The summed E-state index contributed by atoms with van der Waals surface area (Å²) in [5, 5.41) is 5.60. The molecule has 0 aromatic carbocycles. The number of hydrogen-bond donors (Lipinski definition) is 0. The van der Waals surface area contributed by atoms with E-state index in [1.54, 1.807) is 0 Å². The topological polar surface area (TPSA) is 25.8 Å². The molecule has 1 atom stereocenters. The van der Waals surface area contributed by atoms with Crippen molar-refractivity contribution in [3.63, 3.8) is 0 Å². The Balaban J connectivity index is 2.69. The van der Waals surface area contributed by atoms with Crippen LogP contribution in [0.3, 0.4) is 0 Å². The van der Waals surface area contributed by atoms with E-state index < -0.39 is 11.2 Å². The van der Waals surface area contributed by atoms with E-state index in [4.69, 9.17) is 11.6 Å². The highest BCUT2D eigenvalue weighted by Crippen LogP contribution is 2.35. The summed E-state index contributed by atoms with van der Waals surface area (Å²) >= 11 is 7.25. The lowest BCUT2D eigenvalue weighted by Gasteiger charge is -2.01. The van der Waals surface area contributed by atoms with Crippen LogP contribution in [-0.4, -0.2) is 21.3 Å². The molecule has 0 amide bonds. The predicted molar refractivity (Wildman–Crippen MR) is 51.0 cm³/mol. The summed E-state index contributed by atoms with van der Waals surface area (Å²) in [6.45, 7) is 1.81. The second-order valence-electron chi connectivity index (χ2n) is 2.45. The van der Waals surface area contributed by atoms with Crippen molar-refractivity contribution in [3.8, 4) is 0 Å². The Kier molecular flexibility index (Phi) is 4.03. The summed E-state index contributed by atoms with van der Waals surface area (Å²) < 4.78 is 36.6. The third-order valence-corrected chi connectivity index (χ3v) is 3.97. The molecule has 80 valence electrons. The van der Waals surface area contributed by atoms with Gasteiger partial charge in [0.05, 0.1) is 0 Å². The van der Waals surface area contributed by atoms with Gasteiger partial charge in [0.2, 0.25) is 5.01 Å². The van der Waals surface area contributed by atoms with Crippen LogP contribution in [0.25, 0.3) is 0 Å². The molecule has 2 nitrogen and oxygen atoms in total. The Labute approximate surface area is 91.9 Å². The summed E-state index contributed by atoms with van der Waals surface area (Å²) in [7, 11) is 0. The molecule has 1 rings (SSSR count). The summed E-state index contributed by atoms with van der Waals surface area (Å²) in [4.78, 5) is 0. The summed E-state index contributed by atoms with van der Waals surface area (Å²) in [5.74, 6) is 0.367. The molecule has 0 aliphatic carbocycles. The standard InChI is InChI=1S/C6H6ClF3N2S2/c1-3(2-7)13-5-12-11-4(14-5)6(8,9)10/h3H,2H2,1H3. The van der Waals surface area contributed by atoms with Crippen LogP contribution in [0.2, 0.25) is 0 Å². The Hall–Kier alpha value is -0.0100. The Morgan fingerprint density at radius 2 is 2.14 bits per heavy atom. The van der Waals surface area contributed by atoms with Gasteiger partial charge in [0.25, 0.3) is 0 Å². The van der Waals surface area contributed by atoms with E-state index in [9.17, 15) is 13.2 Å². The number of halogens is 4. The zero-order valence-corrected chi connectivity index (χ0v) is 9.40. The van der Waals surface area contributed by atoms with Crippen LogP contribution < -0.4 is 0 Å². The molecule has 8 heteroatoms. The molecule has 1 aromatic heterocycles. The van der Waals surface area contributed by atoms with Gasteiger partial charge in [-0.3, -0.25) is 0 Å². The van der Waals surface area contributed by atoms with Gasteiger partial charge in [-0.05, 0) is 0 Å². The molecule has 0 fully saturated rings. The zero-order valence-electron chi connectivity index (χ0n) is 7.01. The lowest BCUT2D eigenvalue weighted by molar-refractivity contribution is -0.138. The molecule has 0 aliphatic heterocycles. The summed E-state index contributed by atoms with van der Waals surface area (Å²) in [6, 6.07) is 0. The fraction of sp³-hybridized carbons (Fsp3) is 0.667. The Morgan fingerprint density at radius 3 is 2.57 bits per heavy atom. The first kappa shape index (κ1) is 12.1. The first-order valence-electron chi connectivity index (χ1n) is 3.57. The van der Waals surface area contributed by atoms with Crippen LogP contribution in [-0.2, 0) is 6.18 Å². The monoisotopic (exact) mass is 262 g/mol. The normalized spacial score (nSPS) is 14.4. The molecule has 0 saturated heterocycles. The summed E-state index contributed by atoms with van der Waals surface area (Å²) in [6.07, 6.45) is -4.40. The molecule has 0 aliphatic rings. The van der Waals surface area contributed by atoms with E-state index in [-0.39, 0.29) is 5.25 Å². The predicted octanol–water partition coefficient (Wildman–Crippen LogP) is 3.28. The first-order valence-corrected chi connectivity index (χ1v) is 5.80. The van der Waals surface area contributed by atoms with Crippen LogP contribution >= 0.6 is 34.7 Å². The van der Waals surface area contributed by atoms with E-state index in [2.05, 4.69) is 10.2 Å². The van der Waals surface area contributed by atoms with Crippen molar-refractivity contribution in [3.05, 3.63) is 5.01 Å². The average molecular weight is 263 g/mol. The molecule has 0 spiro atoms. The third kappa shape index (κ3) is 3.29. The van der Waals surface area contributed by atoms with E-state index in [1.165, 1.54) is 11.8 Å². The van der Waals surface area contributed by atoms with Crippen molar-refractivity contribution in [1.82, 2.24) is 10.2 Å². The van der Waals surface area contributed by atoms with Crippen LogP contribution in [0.5, 0.6) is 0 Å². The highest BCUT2D eigenvalue weighted by molar-refractivity contribution is 8.01. The molecule has 0 saturated carbocycles. The number of aromatic nitrogens is 2. The molecule has 1 unspecified atom stereocenters. The maximum absolute atomic E-state index is 12.1. The molecular formula is C6H6ClF3N2S2. The SMILES string of the molecule is CC(CCl)Sc1nnc(C(F)(F)F)s1. The number of rotatable bonds is 3.